The molecular formula is C28H24ClN3O4. The quantitative estimate of drug-likeness (QED) is 0.300. The average Bonchev–Trinajstić information content (AvgIpc) is 3.44. The standard InChI is InChI=1S/C28H24ClN3O4/c1-3-13-32-27(18-9-12-22(23(14-18)35-2)36-16-17-7-5-4-6-8-17)24-25(30-31-26(24)28(32)34)20-15-19(29)10-11-21(20)33/h3-12,14-15,27,33H,1,13,16H2,2H3,(H,30,31). The zero-order chi connectivity index (χ0) is 25.2. The number of carbonyl (C=O) groups is 1. The second-order valence-electron chi connectivity index (χ2n) is 8.36. The third kappa shape index (κ3) is 4.18. The summed E-state index contributed by atoms with van der Waals surface area (Å²) in [6.07, 6.45) is 1.68. The minimum absolute atomic E-state index is 0.0179. The lowest BCUT2D eigenvalue weighted by Gasteiger charge is -2.26. The van der Waals surface area contributed by atoms with Gasteiger partial charge in [0.15, 0.2) is 11.5 Å². The zero-order valence-corrected chi connectivity index (χ0v) is 20.3. The van der Waals surface area contributed by atoms with E-state index in [2.05, 4.69) is 16.8 Å². The van der Waals surface area contributed by atoms with Gasteiger partial charge in [-0.1, -0.05) is 54.1 Å². The van der Waals surface area contributed by atoms with Crippen LogP contribution in [0.5, 0.6) is 17.2 Å². The molecule has 0 saturated carbocycles. The fourth-order valence-corrected chi connectivity index (χ4v) is 4.65. The maximum absolute atomic E-state index is 13.3. The molecule has 182 valence electrons. The number of hydrogen-bond donors (Lipinski definition) is 2. The number of aromatic nitrogens is 2. The molecule has 1 aliphatic heterocycles. The number of halogens is 1. The van der Waals surface area contributed by atoms with Gasteiger partial charge in [-0.05, 0) is 41.5 Å². The number of nitrogens with zero attached hydrogens (tertiary/aromatic N) is 2. The van der Waals surface area contributed by atoms with Gasteiger partial charge in [0.25, 0.3) is 5.91 Å². The first-order chi connectivity index (χ1) is 17.5. The molecule has 0 saturated heterocycles. The predicted molar refractivity (Wildman–Crippen MR) is 138 cm³/mol. The molecule has 0 fully saturated rings. The van der Waals surface area contributed by atoms with Gasteiger partial charge in [-0.2, -0.15) is 5.10 Å². The first kappa shape index (κ1) is 23.5. The van der Waals surface area contributed by atoms with Crippen LogP contribution in [0.25, 0.3) is 11.3 Å². The van der Waals surface area contributed by atoms with Crippen LogP contribution in [0.1, 0.15) is 33.2 Å². The van der Waals surface area contributed by atoms with Crippen LogP contribution in [0, 0.1) is 0 Å². The van der Waals surface area contributed by atoms with E-state index in [1.54, 1.807) is 30.2 Å². The molecule has 0 bridgehead atoms. The minimum atomic E-state index is -0.491. The molecule has 2 N–H and O–H groups in total. The molecule has 1 aromatic heterocycles. The molecule has 1 aliphatic rings. The van der Waals surface area contributed by atoms with E-state index in [1.807, 2.05) is 48.5 Å². The molecule has 1 unspecified atom stereocenters. The molecule has 4 aromatic rings. The second-order valence-corrected chi connectivity index (χ2v) is 8.79. The third-order valence-corrected chi connectivity index (χ3v) is 6.38. The Kier molecular flexibility index (Phi) is 6.40. The Balaban J connectivity index is 1.57. The monoisotopic (exact) mass is 501 g/mol. The number of hydrogen-bond acceptors (Lipinski definition) is 5. The van der Waals surface area contributed by atoms with Gasteiger partial charge in [0.1, 0.15) is 23.7 Å². The summed E-state index contributed by atoms with van der Waals surface area (Å²) in [5.74, 6) is 0.936. The largest absolute Gasteiger partial charge is 0.507 e. The Labute approximate surface area is 213 Å². The zero-order valence-electron chi connectivity index (χ0n) is 19.6. The summed E-state index contributed by atoms with van der Waals surface area (Å²) in [7, 11) is 1.58. The number of phenolic OH excluding ortho intramolecular Hbond substituents is 1. The number of ether oxygens (including phenoxy) is 2. The van der Waals surface area contributed by atoms with E-state index in [-0.39, 0.29) is 11.7 Å². The van der Waals surface area contributed by atoms with Crippen LogP contribution in [0.3, 0.4) is 0 Å². The highest BCUT2D eigenvalue weighted by Crippen LogP contribution is 2.46. The topological polar surface area (TPSA) is 87.7 Å². The van der Waals surface area contributed by atoms with Crippen molar-refractivity contribution < 1.29 is 19.4 Å². The number of benzene rings is 3. The molecule has 36 heavy (non-hydrogen) atoms. The lowest BCUT2D eigenvalue weighted by atomic mass is 9.95. The Morgan fingerprint density at radius 1 is 1.14 bits per heavy atom. The van der Waals surface area contributed by atoms with Crippen LogP contribution in [0.2, 0.25) is 5.02 Å². The van der Waals surface area contributed by atoms with Crippen LogP contribution in [-0.4, -0.2) is 39.8 Å². The molecule has 7 nitrogen and oxygen atoms in total. The molecule has 2 heterocycles. The third-order valence-electron chi connectivity index (χ3n) is 6.14. The number of fused-ring (bicyclic) bond motifs is 1. The molecule has 0 aliphatic carbocycles. The normalized spacial score (nSPS) is 14.6. The molecule has 1 amide bonds. The van der Waals surface area contributed by atoms with Crippen molar-refractivity contribution in [2.75, 3.05) is 13.7 Å². The molecule has 0 radical (unpaired) electrons. The fraction of sp³-hybridized carbons (Fsp3) is 0.143. The van der Waals surface area contributed by atoms with Crippen LogP contribution in [0.15, 0.2) is 79.4 Å². The number of aromatic hydroxyl groups is 1. The molecule has 0 spiro atoms. The summed E-state index contributed by atoms with van der Waals surface area (Å²) in [4.78, 5) is 15.0. The molecule has 1 atom stereocenters. The number of aromatic amines is 1. The van der Waals surface area contributed by atoms with Crippen LogP contribution >= 0.6 is 11.6 Å². The van der Waals surface area contributed by atoms with Gasteiger partial charge in [0.05, 0.1) is 13.2 Å². The van der Waals surface area contributed by atoms with Gasteiger partial charge in [0.2, 0.25) is 0 Å². The van der Waals surface area contributed by atoms with E-state index in [1.165, 1.54) is 6.07 Å². The average molecular weight is 502 g/mol. The van der Waals surface area contributed by atoms with Crippen molar-refractivity contribution in [3.63, 3.8) is 0 Å². The summed E-state index contributed by atoms with van der Waals surface area (Å²) in [5, 5.41) is 18.2. The van der Waals surface area contributed by atoms with Gasteiger partial charge in [0, 0.05) is 22.7 Å². The summed E-state index contributed by atoms with van der Waals surface area (Å²) >= 11 is 6.21. The van der Waals surface area contributed by atoms with E-state index in [4.69, 9.17) is 21.1 Å². The van der Waals surface area contributed by atoms with Crippen molar-refractivity contribution in [3.05, 3.63) is 107 Å². The highest BCUT2D eigenvalue weighted by Gasteiger charge is 2.42. The van der Waals surface area contributed by atoms with Crippen molar-refractivity contribution in [2.24, 2.45) is 0 Å². The smallest absolute Gasteiger partial charge is 0.273 e. The Morgan fingerprint density at radius 2 is 1.94 bits per heavy atom. The van der Waals surface area contributed by atoms with Gasteiger partial charge < -0.3 is 19.5 Å². The summed E-state index contributed by atoms with van der Waals surface area (Å²) < 4.78 is 11.7. The lowest BCUT2D eigenvalue weighted by molar-refractivity contribution is 0.0764. The number of amides is 1. The highest BCUT2D eigenvalue weighted by atomic mass is 35.5. The van der Waals surface area contributed by atoms with E-state index >= 15 is 0 Å². The molecular weight excluding hydrogens is 478 g/mol. The summed E-state index contributed by atoms with van der Waals surface area (Å²) in [6, 6.07) is 19.7. The van der Waals surface area contributed by atoms with Gasteiger partial charge >= 0.3 is 0 Å². The number of carbonyl (C=O) groups excluding carboxylic acids is 1. The first-order valence-electron chi connectivity index (χ1n) is 11.4. The van der Waals surface area contributed by atoms with Crippen molar-refractivity contribution in [1.82, 2.24) is 15.1 Å². The van der Waals surface area contributed by atoms with Crippen LogP contribution in [0.4, 0.5) is 0 Å². The minimum Gasteiger partial charge on any atom is -0.507 e. The van der Waals surface area contributed by atoms with Crippen molar-refractivity contribution in [1.29, 1.82) is 0 Å². The van der Waals surface area contributed by atoms with Crippen molar-refractivity contribution in [2.45, 2.75) is 12.6 Å². The Morgan fingerprint density at radius 3 is 2.69 bits per heavy atom. The van der Waals surface area contributed by atoms with Crippen LogP contribution in [-0.2, 0) is 6.61 Å². The number of nitrogens with one attached hydrogen (secondary N) is 1. The van der Waals surface area contributed by atoms with Gasteiger partial charge in [-0.3, -0.25) is 9.89 Å². The predicted octanol–water partition coefficient (Wildman–Crippen LogP) is 5.75. The lowest BCUT2D eigenvalue weighted by Crippen LogP contribution is -2.29. The Hall–Kier alpha value is -4.23. The van der Waals surface area contributed by atoms with E-state index in [0.29, 0.717) is 52.2 Å². The highest BCUT2D eigenvalue weighted by molar-refractivity contribution is 6.31. The van der Waals surface area contributed by atoms with Crippen molar-refractivity contribution >= 4 is 17.5 Å². The number of H-pyrrole nitrogens is 1. The second kappa shape index (κ2) is 9.79. The summed E-state index contributed by atoms with van der Waals surface area (Å²) in [5.41, 5.74) is 3.75. The maximum atomic E-state index is 13.3. The van der Waals surface area contributed by atoms with E-state index in [0.717, 1.165) is 11.1 Å². The SMILES string of the molecule is C=CCN1C(=O)c2[nH]nc(-c3cc(Cl)ccc3O)c2C1c1ccc(OCc2ccccc2)c(OC)c1. The first-order valence-corrected chi connectivity index (χ1v) is 11.7. The summed E-state index contributed by atoms with van der Waals surface area (Å²) in [6.45, 7) is 4.53. The molecule has 5 rings (SSSR count). The fourth-order valence-electron chi connectivity index (χ4n) is 4.48. The van der Waals surface area contributed by atoms with Gasteiger partial charge in [-0.25, -0.2) is 0 Å². The van der Waals surface area contributed by atoms with Crippen molar-refractivity contribution in [3.8, 4) is 28.5 Å². The number of phenols is 1. The van der Waals surface area contributed by atoms with E-state index < -0.39 is 6.04 Å². The number of methoxy groups -OCH3 is 1. The van der Waals surface area contributed by atoms with E-state index in [9.17, 15) is 9.90 Å². The Bertz CT molecular complexity index is 1430. The molecule has 3 aromatic carbocycles. The van der Waals surface area contributed by atoms with Gasteiger partial charge in [-0.15, -0.1) is 6.58 Å². The number of rotatable bonds is 8. The molecule has 8 heteroatoms. The van der Waals surface area contributed by atoms with Crippen LogP contribution < -0.4 is 9.47 Å². The maximum Gasteiger partial charge on any atom is 0.273 e.